The molecule has 0 radical (unpaired) electrons. The number of carbonyl (C=O) groups is 1. The summed E-state index contributed by atoms with van der Waals surface area (Å²) in [5.74, 6) is -0.197. The minimum absolute atomic E-state index is 0.0372. The number of hydroxylamine groups is 1. The van der Waals surface area contributed by atoms with E-state index in [0.29, 0.717) is 17.3 Å². The molecule has 4 aromatic rings. The molecule has 0 spiro atoms. The van der Waals surface area contributed by atoms with E-state index in [9.17, 15) is 9.18 Å². The Hall–Kier alpha value is -3.43. The second-order valence-corrected chi connectivity index (χ2v) is 7.96. The minimum atomic E-state index is -0.528. The van der Waals surface area contributed by atoms with E-state index in [0.717, 1.165) is 16.5 Å². The van der Waals surface area contributed by atoms with E-state index < -0.39 is 5.82 Å². The van der Waals surface area contributed by atoms with Gasteiger partial charge in [0.1, 0.15) is 11.6 Å². The lowest BCUT2D eigenvalue weighted by Gasteiger charge is -2.09. The number of nitrogens with one attached hydrogen (secondary N) is 1. The molecule has 0 unspecified atom stereocenters. The van der Waals surface area contributed by atoms with Crippen LogP contribution in [0.15, 0.2) is 47.1 Å². The van der Waals surface area contributed by atoms with Crippen LogP contribution in [-0.2, 0) is 16.2 Å². The average Bonchev–Trinajstić information content (AvgIpc) is 3.38. The second-order valence-electron chi connectivity index (χ2n) is 7.56. The number of rotatable bonds is 8. The van der Waals surface area contributed by atoms with Crippen molar-refractivity contribution in [3.8, 4) is 23.2 Å². The number of nitrogens with zero attached hydrogens (tertiary/aromatic N) is 3. The van der Waals surface area contributed by atoms with E-state index in [-0.39, 0.29) is 35.9 Å². The van der Waals surface area contributed by atoms with Gasteiger partial charge in [0.2, 0.25) is 0 Å². The Labute approximate surface area is 194 Å². The zero-order valence-electron chi connectivity index (χ0n) is 18.3. The van der Waals surface area contributed by atoms with Crippen molar-refractivity contribution >= 4 is 28.5 Å². The molecular weight excluding hydrogens is 451 g/mol. The number of halogens is 2. The summed E-state index contributed by atoms with van der Waals surface area (Å²) >= 11 is 6.43. The van der Waals surface area contributed by atoms with Crippen LogP contribution in [0, 0.1) is 5.82 Å². The van der Waals surface area contributed by atoms with Crippen LogP contribution in [-0.4, -0.2) is 26.8 Å². The predicted molar refractivity (Wildman–Crippen MR) is 121 cm³/mol. The number of benzene rings is 2. The SMILES string of the molecule is CCC(=O)ONCc1ccc2c(c1)c(Cl)cn2-c1noc(-c2ccc(OC(C)C)cc2F)n1. The molecule has 2 aromatic heterocycles. The molecule has 0 aliphatic heterocycles. The molecule has 4 rings (SSSR count). The fraction of sp³-hybridized carbons (Fsp3) is 0.261. The van der Waals surface area contributed by atoms with E-state index in [1.165, 1.54) is 12.1 Å². The van der Waals surface area contributed by atoms with Crippen LogP contribution in [0.4, 0.5) is 4.39 Å². The molecule has 0 aliphatic rings. The van der Waals surface area contributed by atoms with Crippen LogP contribution in [0.5, 0.6) is 5.75 Å². The minimum Gasteiger partial charge on any atom is -0.491 e. The van der Waals surface area contributed by atoms with Gasteiger partial charge >= 0.3 is 5.97 Å². The molecule has 172 valence electrons. The van der Waals surface area contributed by atoms with Gasteiger partial charge in [-0.2, -0.15) is 4.98 Å². The Morgan fingerprint density at radius 3 is 2.82 bits per heavy atom. The van der Waals surface area contributed by atoms with Crippen LogP contribution >= 0.6 is 11.6 Å². The molecule has 0 amide bonds. The lowest BCUT2D eigenvalue weighted by Crippen LogP contribution is -2.18. The molecule has 0 atom stereocenters. The first-order chi connectivity index (χ1) is 15.9. The lowest BCUT2D eigenvalue weighted by atomic mass is 10.1. The van der Waals surface area contributed by atoms with Crippen LogP contribution in [0.1, 0.15) is 32.8 Å². The van der Waals surface area contributed by atoms with Crippen LogP contribution < -0.4 is 10.2 Å². The summed E-state index contributed by atoms with van der Waals surface area (Å²) in [6, 6.07) is 10.0. The third-order valence-corrected chi connectivity index (χ3v) is 5.05. The zero-order valence-corrected chi connectivity index (χ0v) is 19.0. The smallest absolute Gasteiger partial charge is 0.324 e. The van der Waals surface area contributed by atoms with Crippen molar-refractivity contribution in [2.45, 2.75) is 39.8 Å². The topological polar surface area (TPSA) is 91.4 Å². The van der Waals surface area contributed by atoms with Gasteiger partial charge in [0, 0.05) is 24.1 Å². The van der Waals surface area contributed by atoms with Gasteiger partial charge in [-0.05, 0) is 48.8 Å². The first kappa shape index (κ1) is 22.8. The average molecular weight is 473 g/mol. The van der Waals surface area contributed by atoms with Crippen LogP contribution in [0.25, 0.3) is 28.3 Å². The third-order valence-electron chi connectivity index (χ3n) is 4.74. The summed E-state index contributed by atoms with van der Waals surface area (Å²) in [5.41, 5.74) is 4.41. The largest absolute Gasteiger partial charge is 0.491 e. The first-order valence-electron chi connectivity index (χ1n) is 10.4. The molecule has 0 saturated heterocycles. The summed E-state index contributed by atoms with van der Waals surface area (Å²) in [4.78, 5) is 20.5. The molecule has 33 heavy (non-hydrogen) atoms. The van der Waals surface area contributed by atoms with Gasteiger partial charge in [-0.15, -0.1) is 5.48 Å². The van der Waals surface area contributed by atoms with E-state index in [1.807, 2.05) is 32.0 Å². The van der Waals surface area contributed by atoms with Gasteiger partial charge in [0.25, 0.3) is 11.8 Å². The Kier molecular flexibility index (Phi) is 6.62. The Morgan fingerprint density at radius 1 is 1.27 bits per heavy atom. The summed E-state index contributed by atoms with van der Waals surface area (Å²) in [5, 5.41) is 5.22. The quantitative estimate of drug-likeness (QED) is 0.351. The third kappa shape index (κ3) is 4.99. The van der Waals surface area contributed by atoms with Gasteiger partial charge in [0.15, 0.2) is 0 Å². The number of ether oxygens (including phenoxy) is 1. The van der Waals surface area contributed by atoms with Crippen molar-refractivity contribution in [1.29, 1.82) is 0 Å². The molecule has 1 N–H and O–H groups in total. The highest BCUT2D eigenvalue weighted by molar-refractivity contribution is 6.35. The zero-order chi connectivity index (χ0) is 23.5. The van der Waals surface area contributed by atoms with Gasteiger partial charge in [-0.1, -0.05) is 24.6 Å². The lowest BCUT2D eigenvalue weighted by molar-refractivity contribution is -0.151. The van der Waals surface area contributed by atoms with Crippen molar-refractivity contribution in [2.24, 2.45) is 0 Å². The number of hydrogen-bond acceptors (Lipinski definition) is 7. The van der Waals surface area contributed by atoms with E-state index in [1.54, 1.807) is 23.8 Å². The molecular formula is C23H22ClFN4O4. The van der Waals surface area contributed by atoms with Crippen molar-refractivity contribution in [3.63, 3.8) is 0 Å². The van der Waals surface area contributed by atoms with Crippen LogP contribution in [0.2, 0.25) is 5.02 Å². The highest BCUT2D eigenvalue weighted by Gasteiger charge is 2.18. The monoisotopic (exact) mass is 472 g/mol. The summed E-state index contributed by atoms with van der Waals surface area (Å²) in [7, 11) is 0. The number of hydrogen-bond donors (Lipinski definition) is 1. The molecule has 10 heteroatoms. The molecule has 0 saturated carbocycles. The maximum atomic E-state index is 14.6. The fourth-order valence-electron chi connectivity index (χ4n) is 3.22. The van der Waals surface area contributed by atoms with Crippen molar-refractivity contribution < 1.29 is 23.3 Å². The van der Waals surface area contributed by atoms with Gasteiger partial charge in [0.05, 0.1) is 28.8 Å². The Bertz CT molecular complexity index is 1300. The molecule has 0 fully saturated rings. The maximum Gasteiger partial charge on any atom is 0.324 e. The summed E-state index contributed by atoms with van der Waals surface area (Å²) < 4.78 is 27.1. The molecule has 0 aliphatic carbocycles. The second kappa shape index (κ2) is 9.60. The Balaban J connectivity index is 1.58. The molecule has 0 bridgehead atoms. The first-order valence-corrected chi connectivity index (χ1v) is 10.8. The normalized spacial score (nSPS) is 11.3. The van der Waals surface area contributed by atoms with Crippen molar-refractivity contribution in [2.75, 3.05) is 0 Å². The maximum absolute atomic E-state index is 14.6. The summed E-state index contributed by atoms with van der Waals surface area (Å²) in [6.45, 7) is 5.77. The van der Waals surface area contributed by atoms with Gasteiger partial charge < -0.3 is 14.1 Å². The van der Waals surface area contributed by atoms with E-state index in [4.69, 9.17) is 25.7 Å². The van der Waals surface area contributed by atoms with Gasteiger partial charge in [-0.3, -0.25) is 9.36 Å². The van der Waals surface area contributed by atoms with Crippen LogP contribution in [0.3, 0.4) is 0 Å². The summed E-state index contributed by atoms with van der Waals surface area (Å²) in [6.07, 6.45) is 1.87. The number of fused-ring (bicyclic) bond motifs is 1. The highest BCUT2D eigenvalue weighted by atomic mass is 35.5. The molecule has 2 aromatic carbocycles. The number of aromatic nitrogens is 3. The number of carbonyl (C=O) groups excluding carboxylic acids is 1. The van der Waals surface area contributed by atoms with Crippen molar-refractivity contribution in [1.82, 2.24) is 20.2 Å². The molecule has 8 nitrogen and oxygen atoms in total. The predicted octanol–water partition coefficient (Wildman–Crippen LogP) is 5.22. The Morgan fingerprint density at radius 2 is 2.09 bits per heavy atom. The standard InChI is InChI=1S/C23H22ClFN4O4/c1-4-21(30)32-26-11-14-5-8-20-17(9-14)18(24)12-29(20)23-27-22(33-28-23)16-7-6-15(10-19(16)25)31-13(2)3/h5-10,12-13,26H,4,11H2,1-3H3. The fourth-order valence-corrected chi connectivity index (χ4v) is 3.47. The molecule has 2 heterocycles. The van der Waals surface area contributed by atoms with Crippen molar-refractivity contribution in [3.05, 3.63) is 59.0 Å². The highest BCUT2D eigenvalue weighted by Crippen LogP contribution is 2.30. The van der Waals surface area contributed by atoms with E-state index in [2.05, 4.69) is 15.6 Å². The van der Waals surface area contributed by atoms with Gasteiger partial charge in [-0.25, -0.2) is 4.39 Å². The van der Waals surface area contributed by atoms with E-state index >= 15 is 0 Å².